The summed E-state index contributed by atoms with van der Waals surface area (Å²) in [7, 11) is 0. The predicted octanol–water partition coefficient (Wildman–Crippen LogP) is 5.00. The Balaban J connectivity index is 1.53. The van der Waals surface area contributed by atoms with Gasteiger partial charge < -0.3 is 4.42 Å². The molecule has 1 aliphatic carbocycles. The van der Waals surface area contributed by atoms with Crippen LogP contribution >= 0.6 is 11.3 Å². The molecule has 1 unspecified atom stereocenters. The number of aryl methyl sites for hydroxylation is 1. The number of fused-ring (bicyclic) bond motifs is 1. The highest BCUT2D eigenvalue weighted by Crippen LogP contribution is 2.36. The van der Waals surface area contributed by atoms with Gasteiger partial charge in [-0.1, -0.05) is 19.1 Å². The zero-order valence-corrected chi connectivity index (χ0v) is 15.0. The Morgan fingerprint density at radius 2 is 2.19 bits per heavy atom. The van der Waals surface area contributed by atoms with Crippen LogP contribution in [0, 0.1) is 16.0 Å². The van der Waals surface area contributed by atoms with Crippen molar-refractivity contribution in [3.05, 3.63) is 62.3 Å². The Hall–Kier alpha value is -2.80. The summed E-state index contributed by atoms with van der Waals surface area (Å²) in [5, 5.41) is 19.0. The zero-order valence-electron chi connectivity index (χ0n) is 14.2. The molecular formula is C19H17N3O3S. The summed E-state index contributed by atoms with van der Waals surface area (Å²) in [5.74, 6) is 1.63. The van der Waals surface area contributed by atoms with E-state index in [0.717, 1.165) is 23.6 Å². The minimum absolute atomic E-state index is 0.0526. The predicted molar refractivity (Wildman–Crippen MR) is 101 cm³/mol. The Labute approximate surface area is 154 Å². The summed E-state index contributed by atoms with van der Waals surface area (Å²) in [6, 6.07) is 8.56. The van der Waals surface area contributed by atoms with E-state index < -0.39 is 4.92 Å². The first-order chi connectivity index (χ1) is 12.6. The van der Waals surface area contributed by atoms with E-state index in [1.807, 2.05) is 0 Å². The zero-order chi connectivity index (χ0) is 18.1. The molecule has 7 heteroatoms. The molecule has 0 amide bonds. The maximum atomic E-state index is 10.8. The summed E-state index contributed by atoms with van der Waals surface area (Å²) in [6.45, 7) is 2.28. The van der Waals surface area contributed by atoms with Crippen molar-refractivity contribution < 1.29 is 9.34 Å². The highest BCUT2D eigenvalue weighted by atomic mass is 32.1. The molecule has 0 saturated heterocycles. The number of thiophene rings is 1. The molecule has 1 aliphatic rings. The molecule has 3 aromatic rings. The first-order valence-electron chi connectivity index (χ1n) is 8.46. The van der Waals surface area contributed by atoms with Crippen LogP contribution in [0.25, 0.3) is 22.9 Å². The minimum atomic E-state index is -0.415. The molecule has 0 fully saturated rings. The van der Waals surface area contributed by atoms with Crippen LogP contribution in [0.4, 0.5) is 5.69 Å². The summed E-state index contributed by atoms with van der Waals surface area (Å²) in [4.78, 5) is 12.8. The van der Waals surface area contributed by atoms with E-state index in [9.17, 15) is 10.1 Å². The summed E-state index contributed by atoms with van der Waals surface area (Å²) >= 11 is 1.73. The highest BCUT2D eigenvalue weighted by molar-refractivity contribution is 7.15. The number of rotatable bonds is 4. The van der Waals surface area contributed by atoms with Crippen molar-refractivity contribution in [3.63, 3.8) is 0 Å². The molecule has 0 bridgehead atoms. The fourth-order valence-electron chi connectivity index (χ4n) is 3.12. The number of benzene rings is 1. The van der Waals surface area contributed by atoms with Crippen molar-refractivity contribution in [2.75, 3.05) is 0 Å². The molecule has 132 valence electrons. The van der Waals surface area contributed by atoms with Gasteiger partial charge in [-0.15, -0.1) is 21.5 Å². The third kappa shape index (κ3) is 3.43. The largest absolute Gasteiger partial charge is 0.416 e. The van der Waals surface area contributed by atoms with E-state index in [0.29, 0.717) is 17.3 Å². The van der Waals surface area contributed by atoms with E-state index in [1.165, 1.54) is 29.0 Å². The van der Waals surface area contributed by atoms with Crippen LogP contribution in [0.3, 0.4) is 0 Å². The van der Waals surface area contributed by atoms with Crippen molar-refractivity contribution >= 4 is 29.2 Å². The van der Waals surface area contributed by atoms with Crippen molar-refractivity contribution in [2.24, 2.45) is 5.92 Å². The number of nitro groups is 1. The minimum Gasteiger partial charge on any atom is -0.416 e. The molecule has 2 heterocycles. The molecule has 0 N–H and O–H groups in total. The number of nitrogens with zero attached hydrogens (tertiary/aromatic N) is 3. The van der Waals surface area contributed by atoms with Gasteiger partial charge in [0.15, 0.2) is 0 Å². The third-order valence-corrected chi connectivity index (χ3v) is 5.71. The van der Waals surface area contributed by atoms with Gasteiger partial charge in [-0.05, 0) is 48.4 Å². The number of hydrogen-bond donors (Lipinski definition) is 0. The van der Waals surface area contributed by atoms with Gasteiger partial charge in [0.05, 0.1) is 9.80 Å². The maximum Gasteiger partial charge on any atom is 0.270 e. The Bertz CT molecular complexity index is 990. The molecule has 0 aliphatic heterocycles. The molecule has 6 nitrogen and oxygen atoms in total. The number of aromatic nitrogens is 2. The lowest BCUT2D eigenvalue weighted by atomic mass is 9.90. The van der Waals surface area contributed by atoms with Crippen LogP contribution in [-0.4, -0.2) is 15.1 Å². The second kappa shape index (κ2) is 6.84. The van der Waals surface area contributed by atoms with Crippen molar-refractivity contribution in [1.29, 1.82) is 0 Å². The highest BCUT2D eigenvalue weighted by Gasteiger charge is 2.20. The molecule has 0 saturated carbocycles. The third-order valence-electron chi connectivity index (χ3n) is 4.48. The standard InChI is InChI=1S/C19H17N3O3S/c1-12-5-7-16-14(9-12)11-17(26-16)19-21-20-18(25-19)8-6-13-3-2-4-15(10-13)22(23)24/h2-4,6,8,10-12H,5,7,9H2,1H3/b8-6+. The quantitative estimate of drug-likeness (QED) is 0.478. The van der Waals surface area contributed by atoms with Gasteiger partial charge in [-0.25, -0.2) is 0 Å². The number of non-ortho nitro benzene ring substituents is 1. The molecule has 2 aromatic heterocycles. The lowest BCUT2D eigenvalue weighted by Gasteiger charge is -2.16. The fraction of sp³-hybridized carbons (Fsp3) is 0.263. The van der Waals surface area contributed by atoms with Crippen LogP contribution in [0.5, 0.6) is 0 Å². The second-order valence-corrected chi connectivity index (χ2v) is 7.67. The van der Waals surface area contributed by atoms with Crippen LogP contribution in [0.1, 0.15) is 35.2 Å². The van der Waals surface area contributed by atoms with Crippen LogP contribution in [0.2, 0.25) is 0 Å². The molecule has 1 atom stereocenters. The van der Waals surface area contributed by atoms with Gasteiger partial charge in [-0.3, -0.25) is 10.1 Å². The van der Waals surface area contributed by atoms with Gasteiger partial charge in [0.25, 0.3) is 11.6 Å². The van der Waals surface area contributed by atoms with Gasteiger partial charge in [0, 0.05) is 23.1 Å². The van der Waals surface area contributed by atoms with Gasteiger partial charge in [0.1, 0.15) is 0 Å². The normalized spacial score (nSPS) is 16.7. The topological polar surface area (TPSA) is 82.1 Å². The van der Waals surface area contributed by atoms with E-state index in [2.05, 4.69) is 23.2 Å². The Morgan fingerprint density at radius 1 is 1.31 bits per heavy atom. The Kier molecular flexibility index (Phi) is 4.38. The van der Waals surface area contributed by atoms with E-state index in [-0.39, 0.29) is 5.69 Å². The molecular weight excluding hydrogens is 350 g/mol. The average Bonchev–Trinajstić information content (AvgIpc) is 3.26. The molecule has 1 aromatic carbocycles. The molecule has 0 radical (unpaired) electrons. The summed E-state index contributed by atoms with van der Waals surface area (Å²) in [5.41, 5.74) is 2.16. The lowest BCUT2D eigenvalue weighted by Crippen LogP contribution is -2.07. The van der Waals surface area contributed by atoms with Crippen molar-refractivity contribution in [3.8, 4) is 10.8 Å². The van der Waals surface area contributed by atoms with Crippen LogP contribution in [-0.2, 0) is 12.8 Å². The average molecular weight is 367 g/mol. The molecule has 4 rings (SSSR count). The fourth-order valence-corrected chi connectivity index (χ4v) is 4.25. The van der Waals surface area contributed by atoms with E-state index in [1.54, 1.807) is 35.6 Å². The van der Waals surface area contributed by atoms with Gasteiger partial charge in [0.2, 0.25) is 5.89 Å². The maximum absolute atomic E-state index is 10.8. The first kappa shape index (κ1) is 16.7. The first-order valence-corrected chi connectivity index (χ1v) is 9.28. The monoisotopic (exact) mass is 367 g/mol. The summed E-state index contributed by atoms with van der Waals surface area (Å²) < 4.78 is 5.74. The van der Waals surface area contributed by atoms with Crippen molar-refractivity contribution in [1.82, 2.24) is 10.2 Å². The van der Waals surface area contributed by atoms with Gasteiger partial charge in [-0.2, -0.15) is 0 Å². The molecule has 26 heavy (non-hydrogen) atoms. The number of hydrogen-bond acceptors (Lipinski definition) is 6. The lowest BCUT2D eigenvalue weighted by molar-refractivity contribution is -0.384. The van der Waals surface area contributed by atoms with Crippen molar-refractivity contribution in [2.45, 2.75) is 26.2 Å². The second-order valence-electron chi connectivity index (χ2n) is 6.54. The van der Waals surface area contributed by atoms with Gasteiger partial charge >= 0.3 is 0 Å². The van der Waals surface area contributed by atoms with Crippen LogP contribution < -0.4 is 0 Å². The SMILES string of the molecule is CC1CCc2sc(-c3nnc(/C=C/c4cccc([N+](=O)[O-])c4)o3)cc2C1. The van der Waals surface area contributed by atoms with E-state index >= 15 is 0 Å². The summed E-state index contributed by atoms with van der Waals surface area (Å²) in [6.07, 6.45) is 6.86. The van der Waals surface area contributed by atoms with Crippen LogP contribution in [0.15, 0.2) is 34.7 Å². The Morgan fingerprint density at radius 3 is 3.04 bits per heavy atom. The number of nitro benzene ring substituents is 1. The molecule has 0 spiro atoms. The smallest absolute Gasteiger partial charge is 0.270 e. The van der Waals surface area contributed by atoms with E-state index in [4.69, 9.17) is 4.42 Å².